The third-order valence-electron chi connectivity index (χ3n) is 6.86. The minimum absolute atomic E-state index is 0.0591. The number of hydrogen-bond acceptors (Lipinski definition) is 9. The van der Waals surface area contributed by atoms with Crippen LogP contribution in [0.3, 0.4) is 0 Å². The Morgan fingerprint density at radius 3 is 1.72 bits per heavy atom. The van der Waals surface area contributed by atoms with E-state index in [1.165, 1.54) is 11.8 Å². The zero-order valence-electron chi connectivity index (χ0n) is 24.5. The predicted octanol–water partition coefficient (Wildman–Crippen LogP) is 5.66. The minimum Gasteiger partial charge on any atom is -0.459 e. The minimum atomic E-state index is -1.16. The topological polar surface area (TPSA) is 97.4 Å². The van der Waals surface area contributed by atoms with Crippen molar-refractivity contribution in [3.63, 3.8) is 0 Å². The van der Waals surface area contributed by atoms with E-state index >= 15 is 0 Å². The second-order valence-corrected chi connectivity index (χ2v) is 11.4. The Morgan fingerprint density at radius 1 is 0.698 bits per heavy atom. The molecule has 0 unspecified atom stereocenters. The number of benzene rings is 3. The first kappa shape index (κ1) is 32.4. The highest BCUT2D eigenvalue weighted by Gasteiger charge is 2.52. The van der Waals surface area contributed by atoms with Crippen LogP contribution in [0.1, 0.15) is 43.4 Å². The van der Waals surface area contributed by atoms with Gasteiger partial charge in [0, 0.05) is 6.42 Å². The molecule has 3 aromatic carbocycles. The third kappa shape index (κ3) is 9.76. The van der Waals surface area contributed by atoms with Gasteiger partial charge in [-0.05, 0) is 22.4 Å². The molecule has 228 valence electrons. The van der Waals surface area contributed by atoms with Gasteiger partial charge in [-0.1, -0.05) is 105 Å². The van der Waals surface area contributed by atoms with E-state index in [0.717, 1.165) is 16.7 Å². The molecule has 0 N–H and O–H groups in total. The smallest absolute Gasteiger partial charge is 0.338 e. The first-order valence-corrected chi connectivity index (χ1v) is 15.5. The molecule has 0 aliphatic carbocycles. The van der Waals surface area contributed by atoms with Gasteiger partial charge >= 0.3 is 11.9 Å². The molecule has 1 aliphatic heterocycles. The Kier molecular flexibility index (Phi) is 12.8. The maximum absolute atomic E-state index is 13.6. The van der Waals surface area contributed by atoms with Crippen LogP contribution in [0.2, 0.25) is 0 Å². The van der Waals surface area contributed by atoms with E-state index in [1.54, 1.807) is 6.92 Å². The number of thioether (sulfide) groups is 1. The number of rotatable bonds is 15. The van der Waals surface area contributed by atoms with Crippen LogP contribution in [0.15, 0.2) is 91.0 Å². The van der Waals surface area contributed by atoms with Gasteiger partial charge in [0.1, 0.15) is 36.5 Å². The number of hydrogen-bond donors (Lipinski definition) is 0. The SMILES string of the molecule is CCS[C@@H]1O[C@H](C(=O)OCc2ccccc2)[C@@H](OCc2ccccc2)[C@H](OCc2ccccc2)[C@H]1OC(=O)CC(=O)CC. The van der Waals surface area contributed by atoms with Crippen LogP contribution in [-0.4, -0.2) is 53.3 Å². The van der Waals surface area contributed by atoms with E-state index in [9.17, 15) is 14.4 Å². The van der Waals surface area contributed by atoms with Gasteiger partial charge in [0.2, 0.25) is 0 Å². The molecule has 0 saturated carbocycles. The van der Waals surface area contributed by atoms with Crippen LogP contribution < -0.4 is 0 Å². The Balaban J connectivity index is 1.65. The maximum Gasteiger partial charge on any atom is 0.338 e. The molecule has 0 amide bonds. The van der Waals surface area contributed by atoms with Crippen LogP contribution in [0.25, 0.3) is 0 Å². The average Bonchev–Trinajstić information content (AvgIpc) is 3.04. The second-order valence-electron chi connectivity index (χ2n) is 10.0. The standard InChI is InChI=1S/C34H38O8S/c1-3-27(35)20-28(36)41-32-30(39-22-25-16-10-6-11-17-25)29(38-21-24-14-8-5-9-15-24)31(42-34(32)43-4-2)33(37)40-23-26-18-12-7-13-19-26/h5-19,29-32,34H,3-4,20-23H2,1-2H3/t29-,30-,31-,32+,34-/m0/s1. The summed E-state index contributed by atoms with van der Waals surface area (Å²) in [6, 6.07) is 28.4. The number of Topliss-reactive ketones (excluding diaryl/α,β-unsaturated/α-hetero) is 1. The van der Waals surface area contributed by atoms with E-state index < -0.39 is 41.8 Å². The summed E-state index contributed by atoms with van der Waals surface area (Å²) in [6.45, 7) is 4.02. The fourth-order valence-electron chi connectivity index (χ4n) is 4.62. The van der Waals surface area contributed by atoms with E-state index in [-0.39, 0.29) is 38.4 Å². The fourth-order valence-corrected chi connectivity index (χ4v) is 5.55. The van der Waals surface area contributed by atoms with Crippen LogP contribution in [0.5, 0.6) is 0 Å². The highest BCUT2D eigenvalue weighted by Crippen LogP contribution is 2.35. The largest absolute Gasteiger partial charge is 0.459 e. The summed E-state index contributed by atoms with van der Waals surface area (Å²) in [5.74, 6) is -0.910. The summed E-state index contributed by atoms with van der Waals surface area (Å²) in [5.41, 5.74) is 1.84. The highest BCUT2D eigenvalue weighted by molar-refractivity contribution is 7.99. The van der Waals surface area contributed by atoms with Crippen molar-refractivity contribution in [1.29, 1.82) is 0 Å². The number of ketones is 1. The molecule has 8 nitrogen and oxygen atoms in total. The molecule has 0 spiro atoms. The van der Waals surface area contributed by atoms with Crippen LogP contribution in [0, 0.1) is 0 Å². The lowest BCUT2D eigenvalue weighted by Gasteiger charge is -2.44. The summed E-state index contributed by atoms with van der Waals surface area (Å²) in [7, 11) is 0. The van der Waals surface area contributed by atoms with Crippen molar-refractivity contribution in [2.24, 2.45) is 0 Å². The first-order chi connectivity index (χ1) is 21.0. The van der Waals surface area contributed by atoms with Crippen molar-refractivity contribution in [1.82, 2.24) is 0 Å². The van der Waals surface area contributed by atoms with Gasteiger partial charge < -0.3 is 23.7 Å². The first-order valence-electron chi connectivity index (χ1n) is 14.5. The van der Waals surface area contributed by atoms with Gasteiger partial charge in [-0.2, -0.15) is 0 Å². The number of carbonyl (C=O) groups excluding carboxylic acids is 3. The summed E-state index contributed by atoms with van der Waals surface area (Å²) < 4.78 is 30.8. The Labute approximate surface area is 257 Å². The zero-order valence-corrected chi connectivity index (χ0v) is 25.3. The predicted molar refractivity (Wildman–Crippen MR) is 163 cm³/mol. The van der Waals surface area contributed by atoms with Crippen molar-refractivity contribution in [2.75, 3.05) is 5.75 Å². The molecular weight excluding hydrogens is 568 g/mol. The van der Waals surface area contributed by atoms with Crippen LogP contribution in [0.4, 0.5) is 0 Å². The van der Waals surface area contributed by atoms with E-state index in [0.29, 0.717) is 5.75 Å². The Morgan fingerprint density at radius 2 is 1.21 bits per heavy atom. The van der Waals surface area contributed by atoms with Crippen LogP contribution in [-0.2, 0) is 57.9 Å². The van der Waals surface area contributed by atoms with E-state index in [4.69, 9.17) is 23.7 Å². The molecule has 1 heterocycles. The monoisotopic (exact) mass is 606 g/mol. The summed E-state index contributed by atoms with van der Waals surface area (Å²) >= 11 is 1.38. The van der Waals surface area contributed by atoms with E-state index in [2.05, 4.69) is 0 Å². The lowest BCUT2D eigenvalue weighted by Crippen LogP contribution is -2.62. The molecule has 0 bridgehead atoms. The zero-order chi connectivity index (χ0) is 30.4. The van der Waals surface area contributed by atoms with Gasteiger partial charge in [0.05, 0.1) is 13.2 Å². The van der Waals surface area contributed by atoms with E-state index in [1.807, 2.05) is 97.9 Å². The molecule has 4 rings (SSSR count). The molecule has 9 heteroatoms. The number of ether oxygens (including phenoxy) is 5. The molecule has 43 heavy (non-hydrogen) atoms. The van der Waals surface area contributed by atoms with Gasteiger partial charge in [-0.3, -0.25) is 9.59 Å². The molecule has 3 aromatic rings. The van der Waals surface area contributed by atoms with Gasteiger partial charge in [0.15, 0.2) is 12.2 Å². The molecule has 0 radical (unpaired) electrons. The van der Waals surface area contributed by atoms with Crippen LogP contribution >= 0.6 is 11.8 Å². The summed E-state index contributed by atoms with van der Waals surface area (Å²) in [6.07, 6.45) is -4.15. The third-order valence-corrected chi connectivity index (χ3v) is 7.90. The molecule has 1 fully saturated rings. The van der Waals surface area contributed by atoms with Crippen molar-refractivity contribution < 1.29 is 38.1 Å². The quantitative estimate of drug-likeness (QED) is 0.160. The molecule has 1 saturated heterocycles. The molecular formula is C34H38O8S. The summed E-state index contributed by atoms with van der Waals surface area (Å²) in [5, 5.41) is 0. The second kappa shape index (κ2) is 17.0. The molecule has 5 atom stereocenters. The van der Waals surface area contributed by atoms with Crippen molar-refractivity contribution >= 4 is 29.5 Å². The fraction of sp³-hybridized carbons (Fsp3) is 0.382. The number of esters is 2. The van der Waals surface area contributed by atoms with Crippen molar-refractivity contribution in [2.45, 2.75) is 76.4 Å². The number of carbonyl (C=O) groups is 3. The molecule has 1 aliphatic rings. The highest BCUT2D eigenvalue weighted by atomic mass is 32.2. The van der Waals surface area contributed by atoms with Gasteiger partial charge in [-0.25, -0.2) is 4.79 Å². The van der Waals surface area contributed by atoms with Gasteiger partial charge in [-0.15, -0.1) is 11.8 Å². The van der Waals surface area contributed by atoms with Gasteiger partial charge in [0.25, 0.3) is 0 Å². The average molecular weight is 607 g/mol. The molecule has 0 aromatic heterocycles. The summed E-state index contributed by atoms with van der Waals surface area (Å²) in [4.78, 5) is 38.6. The maximum atomic E-state index is 13.6. The Bertz CT molecular complexity index is 1290. The Hall–Kier alpha value is -3.50. The normalized spacial score (nSPS) is 21.6. The lowest BCUT2D eigenvalue weighted by molar-refractivity contribution is -0.245. The van der Waals surface area contributed by atoms with Crippen molar-refractivity contribution in [3.05, 3.63) is 108 Å². The lowest BCUT2D eigenvalue weighted by atomic mass is 9.98. The van der Waals surface area contributed by atoms with Crippen molar-refractivity contribution in [3.8, 4) is 0 Å².